The third-order valence-electron chi connectivity index (χ3n) is 2.69. The van der Waals surface area contributed by atoms with Crippen LogP contribution in [0, 0.1) is 0 Å². The Kier molecular flexibility index (Phi) is 3.74. The second-order valence-corrected chi connectivity index (χ2v) is 3.99. The van der Waals surface area contributed by atoms with E-state index in [1.165, 1.54) is 7.11 Å². The van der Waals surface area contributed by atoms with Crippen molar-refractivity contribution in [1.29, 1.82) is 0 Å². The monoisotopic (exact) mass is 262 g/mol. The molecule has 0 unspecified atom stereocenters. The van der Waals surface area contributed by atoms with Crippen LogP contribution in [-0.4, -0.2) is 33.8 Å². The van der Waals surface area contributed by atoms with Crippen LogP contribution in [0.5, 0.6) is 0 Å². The first-order valence-corrected chi connectivity index (χ1v) is 5.75. The largest absolute Gasteiger partial charge is 0.469 e. The van der Waals surface area contributed by atoms with Crippen LogP contribution in [0.4, 0.5) is 5.69 Å². The number of hydrogen-bond acceptors (Lipinski definition) is 5. The third-order valence-corrected chi connectivity index (χ3v) is 2.69. The number of anilines is 1. The van der Waals surface area contributed by atoms with E-state index in [0.717, 1.165) is 5.39 Å². The van der Waals surface area contributed by atoms with E-state index in [1.54, 1.807) is 30.2 Å². The predicted octanol–water partition coefficient (Wildman–Crippen LogP) is 0.860. The number of rotatable bonds is 4. The molecule has 0 aliphatic carbocycles. The number of amides is 1. The summed E-state index contributed by atoms with van der Waals surface area (Å²) >= 11 is 0. The summed E-state index contributed by atoms with van der Waals surface area (Å²) in [7, 11) is 3.07. The quantitative estimate of drug-likeness (QED) is 0.826. The number of nitrogens with one attached hydrogen (secondary N) is 1. The Labute approximate surface area is 109 Å². The molecule has 1 N–H and O–H groups in total. The number of ether oxygens (including phenoxy) is 1. The van der Waals surface area contributed by atoms with Gasteiger partial charge in [-0.2, -0.15) is 5.10 Å². The molecule has 0 radical (unpaired) electrons. The second-order valence-electron chi connectivity index (χ2n) is 3.99. The highest BCUT2D eigenvalue weighted by molar-refractivity contribution is 6.00. The molecule has 19 heavy (non-hydrogen) atoms. The van der Waals surface area contributed by atoms with E-state index in [9.17, 15) is 9.59 Å². The number of pyridine rings is 1. The predicted molar refractivity (Wildman–Crippen MR) is 68.4 cm³/mol. The Hall–Kier alpha value is -2.44. The van der Waals surface area contributed by atoms with E-state index >= 15 is 0 Å². The smallest absolute Gasteiger partial charge is 0.306 e. The van der Waals surface area contributed by atoms with Gasteiger partial charge in [-0.1, -0.05) is 0 Å². The lowest BCUT2D eigenvalue weighted by molar-refractivity contribution is -0.141. The van der Waals surface area contributed by atoms with Crippen molar-refractivity contribution < 1.29 is 14.3 Å². The molecule has 1 amide bonds. The molecule has 0 bridgehead atoms. The van der Waals surface area contributed by atoms with Gasteiger partial charge in [-0.15, -0.1) is 0 Å². The van der Waals surface area contributed by atoms with Gasteiger partial charge in [-0.3, -0.25) is 14.3 Å². The van der Waals surface area contributed by atoms with Crippen molar-refractivity contribution in [3.63, 3.8) is 0 Å². The van der Waals surface area contributed by atoms with Crippen molar-refractivity contribution in [2.75, 3.05) is 12.4 Å². The van der Waals surface area contributed by atoms with Gasteiger partial charge >= 0.3 is 5.97 Å². The highest BCUT2D eigenvalue weighted by atomic mass is 16.5. The van der Waals surface area contributed by atoms with E-state index in [2.05, 4.69) is 20.1 Å². The second kappa shape index (κ2) is 5.47. The van der Waals surface area contributed by atoms with Crippen LogP contribution >= 0.6 is 0 Å². The molecule has 2 heterocycles. The molecule has 0 saturated heterocycles. The van der Waals surface area contributed by atoms with Gasteiger partial charge in [-0.25, -0.2) is 4.98 Å². The first-order chi connectivity index (χ1) is 9.11. The van der Waals surface area contributed by atoms with Crippen molar-refractivity contribution in [3.05, 3.63) is 18.5 Å². The molecule has 0 fully saturated rings. The number of carbonyl (C=O) groups excluding carboxylic acids is 2. The average molecular weight is 262 g/mol. The van der Waals surface area contributed by atoms with Gasteiger partial charge in [0.2, 0.25) is 5.91 Å². The van der Waals surface area contributed by atoms with E-state index in [4.69, 9.17) is 0 Å². The van der Waals surface area contributed by atoms with Crippen molar-refractivity contribution in [1.82, 2.24) is 14.8 Å². The van der Waals surface area contributed by atoms with Crippen LogP contribution in [0.15, 0.2) is 18.5 Å². The van der Waals surface area contributed by atoms with Crippen LogP contribution < -0.4 is 5.32 Å². The van der Waals surface area contributed by atoms with Gasteiger partial charge in [0.25, 0.3) is 0 Å². The number of carbonyl (C=O) groups is 2. The molecule has 0 spiro atoms. The zero-order valence-electron chi connectivity index (χ0n) is 10.7. The molecule has 0 saturated carbocycles. The van der Waals surface area contributed by atoms with E-state index in [0.29, 0.717) is 11.3 Å². The zero-order valence-corrected chi connectivity index (χ0v) is 10.7. The minimum Gasteiger partial charge on any atom is -0.469 e. The number of esters is 1. The van der Waals surface area contributed by atoms with Gasteiger partial charge in [-0.05, 0) is 6.07 Å². The van der Waals surface area contributed by atoms with Gasteiger partial charge in [0, 0.05) is 19.7 Å². The molecular formula is C12H14N4O3. The zero-order chi connectivity index (χ0) is 13.8. The standard InChI is InChI=1S/C12H14N4O3/c1-16-12-8(7-14-16)9(5-6-13-12)15-10(17)3-4-11(18)19-2/h5-7H,3-4H2,1-2H3,(H,13,15,17). The van der Waals surface area contributed by atoms with E-state index < -0.39 is 5.97 Å². The fraction of sp³-hybridized carbons (Fsp3) is 0.333. The maximum Gasteiger partial charge on any atom is 0.306 e. The Morgan fingerprint density at radius 3 is 2.95 bits per heavy atom. The lowest BCUT2D eigenvalue weighted by Gasteiger charge is -2.05. The van der Waals surface area contributed by atoms with Crippen molar-refractivity contribution in [3.8, 4) is 0 Å². The molecule has 0 aliphatic heterocycles. The highest BCUT2D eigenvalue weighted by Gasteiger charge is 2.10. The normalized spacial score (nSPS) is 10.4. The van der Waals surface area contributed by atoms with Crippen LogP contribution in [0.2, 0.25) is 0 Å². The third kappa shape index (κ3) is 2.87. The maximum atomic E-state index is 11.7. The Morgan fingerprint density at radius 1 is 1.42 bits per heavy atom. The number of nitrogens with zero attached hydrogens (tertiary/aromatic N) is 3. The minimum absolute atomic E-state index is 0.0591. The molecule has 0 aliphatic rings. The van der Waals surface area contributed by atoms with Gasteiger partial charge in [0.05, 0.1) is 30.8 Å². The SMILES string of the molecule is COC(=O)CCC(=O)Nc1ccnc2c1cnn2C. The molecule has 0 aromatic carbocycles. The average Bonchev–Trinajstić information content (AvgIpc) is 2.79. The van der Waals surface area contributed by atoms with Crippen molar-refractivity contribution >= 4 is 28.6 Å². The Morgan fingerprint density at radius 2 is 2.21 bits per heavy atom. The first-order valence-electron chi connectivity index (χ1n) is 5.75. The van der Waals surface area contributed by atoms with Crippen LogP contribution in [0.25, 0.3) is 11.0 Å². The molecule has 100 valence electrons. The fourth-order valence-corrected chi connectivity index (χ4v) is 1.69. The molecule has 0 atom stereocenters. The van der Waals surface area contributed by atoms with Crippen LogP contribution in [0.3, 0.4) is 0 Å². The van der Waals surface area contributed by atoms with E-state index in [1.807, 2.05) is 0 Å². The Balaban J connectivity index is 2.09. The molecular weight excluding hydrogens is 248 g/mol. The maximum absolute atomic E-state index is 11.7. The summed E-state index contributed by atoms with van der Waals surface area (Å²) in [6, 6.07) is 1.69. The molecule has 2 aromatic rings. The Bertz CT molecular complexity index is 620. The molecule has 2 aromatic heterocycles. The summed E-state index contributed by atoms with van der Waals surface area (Å²) in [5, 5.41) is 7.58. The summed E-state index contributed by atoms with van der Waals surface area (Å²) in [5.74, 6) is -0.654. The summed E-state index contributed by atoms with van der Waals surface area (Å²) in [4.78, 5) is 26.8. The van der Waals surface area contributed by atoms with E-state index in [-0.39, 0.29) is 18.7 Å². The topological polar surface area (TPSA) is 86.1 Å². The fourth-order valence-electron chi connectivity index (χ4n) is 1.69. The summed E-state index contributed by atoms with van der Waals surface area (Å²) in [6.07, 6.45) is 3.37. The number of hydrogen-bond donors (Lipinski definition) is 1. The van der Waals surface area contributed by atoms with Gasteiger partial charge in [0.1, 0.15) is 0 Å². The first kappa shape index (κ1) is 13.0. The number of fused-ring (bicyclic) bond motifs is 1. The van der Waals surface area contributed by atoms with Crippen molar-refractivity contribution in [2.45, 2.75) is 12.8 Å². The lowest BCUT2D eigenvalue weighted by Crippen LogP contribution is -2.14. The summed E-state index contributed by atoms with van der Waals surface area (Å²) in [6.45, 7) is 0. The molecule has 7 nitrogen and oxygen atoms in total. The number of methoxy groups -OCH3 is 1. The van der Waals surface area contributed by atoms with Crippen LogP contribution in [-0.2, 0) is 21.4 Å². The van der Waals surface area contributed by atoms with Crippen molar-refractivity contribution in [2.24, 2.45) is 7.05 Å². The summed E-state index contributed by atoms with van der Waals surface area (Å²) < 4.78 is 6.11. The highest BCUT2D eigenvalue weighted by Crippen LogP contribution is 2.20. The number of aromatic nitrogens is 3. The minimum atomic E-state index is -0.406. The van der Waals surface area contributed by atoms with Crippen LogP contribution in [0.1, 0.15) is 12.8 Å². The molecule has 7 heteroatoms. The number of aryl methyl sites for hydroxylation is 1. The lowest BCUT2D eigenvalue weighted by atomic mass is 10.2. The van der Waals surface area contributed by atoms with Gasteiger partial charge < -0.3 is 10.1 Å². The molecule has 2 rings (SSSR count). The van der Waals surface area contributed by atoms with Gasteiger partial charge in [0.15, 0.2) is 5.65 Å². The summed E-state index contributed by atoms with van der Waals surface area (Å²) in [5.41, 5.74) is 1.32.